The van der Waals surface area contributed by atoms with E-state index in [-0.39, 0.29) is 31.3 Å². The van der Waals surface area contributed by atoms with Crippen molar-refractivity contribution in [3.05, 3.63) is 29.6 Å². The molecule has 1 aliphatic rings. The van der Waals surface area contributed by atoms with E-state index in [2.05, 4.69) is 10.3 Å². The molecule has 132 valence electrons. The van der Waals surface area contributed by atoms with Gasteiger partial charge in [0, 0.05) is 32.6 Å². The summed E-state index contributed by atoms with van der Waals surface area (Å²) in [4.78, 5) is 30.4. The van der Waals surface area contributed by atoms with E-state index < -0.39 is 5.60 Å². The Hall–Kier alpha value is -1.99. The quantitative estimate of drug-likeness (QED) is 0.809. The zero-order chi connectivity index (χ0) is 17.6. The van der Waals surface area contributed by atoms with Crippen LogP contribution in [0.3, 0.4) is 0 Å². The molecule has 2 rings (SSSR count). The second-order valence-corrected chi connectivity index (χ2v) is 6.13. The highest BCUT2D eigenvalue weighted by molar-refractivity contribution is 5.79. The summed E-state index contributed by atoms with van der Waals surface area (Å²) in [5.41, 5.74) is 0.992. The van der Waals surface area contributed by atoms with Crippen LogP contribution in [0.15, 0.2) is 18.3 Å². The summed E-state index contributed by atoms with van der Waals surface area (Å²) in [6, 6.07) is 3.80. The number of hydrogen-bond donors (Lipinski definition) is 1. The van der Waals surface area contributed by atoms with E-state index in [9.17, 15) is 9.59 Å². The monoisotopic (exact) mass is 335 g/mol. The molecule has 1 fully saturated rings. The number of nitrogens with one attached hydrogen (secondary N) is 1. The highest BCUT2D eigenvalue weighted by atomic mass is 16.5. The Labute approximate surface area is 142 Å². The molecular weight excluding hydrogens is 310 g/mol. The average Bonchev–Trinajstić information content (AvgIpc) is 2.57. The lowest BCUT2D eigenvalue weighted by molar-refractivity contribution is -0.166. The highest BCUT2D eigenvalue weighted by Gasteiger charge is 2.40. The van der Waals surface area contributed by atoms with Crippen LogP contribution in [0.25, 0.3) is 0 Å². The van der Waals surface area contributed by atoms with Crippen LogP contribution in [-0.2, 0) is 25.5 Å². The maximum absolute atomic E-state index is 12.6. The van der Waals surface area contributed by atoms with E-state index in [0.29, 0.717) is 19.7 Å². The molecular formula is C17H25N3O4. The van der Waals surface area contributed by atoms with Crippen molar-refractivity contribution >= 4 is 11.8 Å². The van der Waals surface area contributed by atoms with Crippen molar-refractivity contribution in [2.24, 2.45) is 0 Å². The lowest BCUT2D eigenvalue weighted by Gasteiger charge is -2.42. The maximum atomic E-state index is 12.6. The van der Waals surface area contributed by atoms with Gasteiger partial charge in [-0.25, -0.2) is 0 Å². The van der Waals surface area contributed by atoms with Crippen LogP contribution in [0.1, 0.15) is 17.7 Å². The number of morpholine rings is 1. The van der Waals surface area contributed by atoms with Crippen molar-refractivity contribution in [3.8, 4) is 0 Å². The zero-order valence-corrected chi connectivity index (χ0v) is 14.5. The molecule has 2 heterocycles. The molecule has 0 saturated carbocycles. The summed E-state index contributed by atoms with van der Waals surface area (Å²) in [5, 5.41) is 2.60. The van der Waals surface area contributed by atoms with Crippen molar-refractivity contribution in [1.82, 2.24) is 15.2 Å². The molecule has 1 unspecified atom stereocenters. The summed E-state index contributed by atoms with van der Waals surface area (Å²) >= 11 is 0. The Morgan fingerprint density at radius 3 is 2.88 bits per heavy atom. The molecule has 0 aromatic carbocycles. The minimum Gasteiger partial charge on any atom is -0.382 e. The van der Waals surface area contributed by atoms with Crippen LogP contribution in [0.2, 0.25) is 0 Å². The average molecular weight is 335 g/mol. The number of rotatable bonds is 6. The van der Waals surface area contributed by atoms with Crippen LogP contribution in [-0.4, -0.2) is 67.8 Å². The Kier molecular flexibility index (Phi) is 6.28. The summed E-state index contributed by atoms with van der Waals surface area (Å²) in [7, 11) is 3.14. The fourth-order valence-corrected chi connectivity index (χ4v) is 2.82. The van der Waals surface area contributed by atoms with Gasteiger partial charge in [-0.1, -0.05) is 6.07 Å². The number of aromatic nitrogens is 1. The van der Waals surface area contributed by atoms with Gasteiger partial charge in [-0.05, 0) is 18.6 Å². The fourth-order valence-electron chi connectivity index (χ4n) is 2.82. The van der Waals surface area contributed by atoms with Gasteiger partial charge in [0.15, 0.2) is 0 Å². The number of nitrogens with zero attached hydrogens (tertiary/aromatic N) is 2. The lowest BCUT2D eigenvalue weighted by Crippen LogP contribution is -2.57. The van der Waals surface area contributed by atoms with Gasteiger partial charge in [0.2, 0.25) is 11.8 Å². The first-order valence-corrected chi connectivity index (χ1v) is 8.01. The molecule has 1 aromatic heterocycles. The number of hydrogen-bond acceptors (Lipinski definition) is 5. The summed E-state index contributed by atoms with van der Waals surface area (Å²) < 4.78 is 11.1. The third-order valence-corrected chi connectivity index (χ3v) is 4.08. The van der Waals surface area contributed by atoms with Gasteiger partial charge in [-0.2, -0.15) is 0 Å². The van der Waals surface area contributed by atoms with Gasteiger partial charge >= 0.3 is 0 Å². The third kappa shape index (κ3) is 4.75. The normalized spacial score (nSPS) is 20.7. The number of carbonyl (C=O) groups excluding carboxylic acids is 2. The number of methoxy groups -OCH3 is 1. The molecule has 2 amide bonds. The van der Waals surface area contributed by atoms with E-state index in [1.165, 1.54) is 0 Å². The van der Waals surface area contributed by atoms with E-state index in [1.54, 1.807) is 25.3 Å². The standard InChI is InChI=1S/C17H25N3O4/c1-13-4-5-14(19-10-13)8-16(22)20-6-7-24-17(11-20,12-23-3)9-15(21)18-2/h4-5,10H,6-9,11-12H2,1-3H3,(H,18,21). The van der Waals surface area contributed by atoms with Crippen molar-refractivity contribution in [2.75, 3.05) is 40.5 Å². The predicted molar refractivity (Wildman–Crippen MR) is 88.5 cm³/mol. The Bertz CT molecular complexity index is 572. The second kappa shape index (κ2) is 8.21. The van der Waals surface area contributed by atoms with E-state index in [0.717, 1.165) is 11.3 Å². The second-order valence-electron chi connectivity index (χ2n) is 6.13. The maximum Gasteiger partial charge on any atom is 0.228 e. The van der Waals surface area contributed by atoms with Gasteiger partial charge in [0.05, 0.1) is 32.6 Å². The van der Waals surface area contributed by atoms with Gasteiger partial charge in [-0.3, -0.25) is 14.6 Å². The molecule has 7 heteroatoms. The molecule has 1 aromatic rings. The molecule has 24 heavy (non-hydrogen) atoms. The molecule has 7 nitrogen and oxygen atoms in total. The fraction of sp³-hybridized carbons (Fsp3) is 0.588. The number of aryl methyl sites for hydroxylation is 1. The molecule has 0 spiro atoms. The van der Waals surface area contributed by atoms with Crippen LogP contribution in [0.5, 0.6) is 0 Å². The summed E-state index contributed by atoms with van der Waals surface area (Å²) in [6.45, 7) is 3.43. The topological polar surface area (TPSA) is 80.8 Å². The Morgan fingerprint density at radius 1 is 1.46 bits per heavy atom. The van der Waals surface area contributed by atoms with Crippen LogP contribution >= 0.6 is 0 Å². The molecule has 1 atom stereocenters. The summed E-state index contributed by atoms with van der Waals surface area (Å²) in [5.74, 6) is -0.159. The molecule has 1 saturated heterocycles. The molecule has 0 radical (unpaired) electrons. The van der Waals surface area contributed by atoms with Crippen LogP contribution < -0.4 is 5.32 Å². The largest absolute Gasteiger partial charge is 0.382 e. The van der Waals surface area contributed by atoms with E-state index >= 15 is 0 Å². The van der Waals surface area contributed by atoms with E-state index in [1.807, 2.05) is 19.1 Å². The number of ether oxygens (including phenoxy) is 2. The minimum atomic E-state index is -0.802. The first-order chi connectivity index (χ1) is 11.5. The first kappa shape index (κ1) is 18.4. The van der Waals surface area contributed by atoms with Gasteiger partial charge < -0.3 is 19.7 Å². The van der Waals surface area contributed by atoms with Crippen molar-refractivity contribution < 1.29 is 19.1 Å². The SMILES string of the molecule is CNC(=O)CC1(COC)CN(C(=O)Cc2ccc(C)cn2)CCO1. The van der Waals surface area contributed by atoms with Crippen molar-refractivity contribution in [1.29, 1.82) is 0 Å². The lowest BCUT2D eigenvalue weighted by atomic mass is 9.97. The van der Waals surface area contributed by atoms with E-state index in [4.69, 9.17) is 9.47 Å². The molecule has 0 bridgehead atoms. The Balaban J connectivity index is 2.05. The van der Waals surface area contributed by atoms with Gasteiger partial charge in [0.25, 0.3) is 0 Å². The minimum absolute atomic E-state index is 0.0213. The number of amides is 2. The molecule has 1 N–H and O–H groups in total. The first-order valence-electron chi connectivity index (χ1n) is 8.01. The van der Waals surface area contributed by atoms with Crippen molar-refractivity contribution in [3.63, 3.8) is 0 Å². The smallest absolute Gasteiger partial charge is 0.228 e. The van der Waals surface area contributed by atoms with Gasteiger partial charge in [0.1, 0.15) is 5.60 Å². The van der Waals surface area contributed by atoms with Crippen LogP contribution in [0.4, 0.5) is 0 Å². The number of carbonyl (C=O) groups is 2. The van der Waals surface area contributed by atoms with Crippen molar-refractivity contribution in [2.45, 2.75) is 25.4 Å². The molecule has 0 aliphatic carbocycles. The zero-order valence-electron chi connectivity index (χ0n) is 14.5. The molecule has 1 aliphatic heterocycles. The third-order valence-electron chi connectivity index (χ3n) is 4.08. The summed E-state index contributed by atoms with van der Waals surface area (Å²) in [6.07, 6.45) is 2.15. The predicted octanol–water partition coefficient (Wildman–Crippen LogP) is 0.313. The Morgan fingerprint density at radius 2 is 2.25 bits per heavy atom. The van der Waals surface area contributed by atoms with Crippen LogP contribution in [0, 0.1) is 6.92 Å². The highest BCUT2D eigenvalue weighted by Crippen LogP contribution is 2.23. The number of pyridine rings is 1. The van der Waals surface area contributed by atoms with Gasteiger partial charge in [-0.15, -0.1) is 0 Å².